The third-order valence-electron chi connectivity index (χ3n) is 6.25. The highest BCUT2D eigenvalue weighted by molar-refractivity contribution is 7.89. The van der Waals surface area contributed by atoms with Crippen LogP contribution in [-0.4, -0.2) is 44.5 Å². The Hall–Kier alpha value is -2.73. The van der Waals surface area contributed by atoms with E-state index in [1.165, 1.54) is 0 Å². The van der Waals surface area contributed by atoms with Gasteiger partial charge in [-0.15, -0.1) is 11.6 Å². The standard InChI is InChI=1S/C26H27Cl2N3O4S/c1-36(32,33)30-16-18-2-4-19(5-3-18)17-35-23-6-7-25-20(13-23)8-10-31(25)22-12-21(15-29)26(24(28)14-22)34-11-9-27/h6-8,10,12-14,16,18-19H,2-5,9,11,17H2,1H3/b30-16+. The number of ether oxygens (including phenoxy) is 2. The van der Waals surface area contributed by atoms with Crippen molar-refractivity contribution >= 4 is 50.3 Å². The average molecular weight is 548 g/mol. The summed E-state index contributed by atoms with van der Waals surface area (Å²) >= 11 is 12.1. The maximum atomic E-state index is 11.2. The Morgan fingerprint density at radius 1 is 1.17 bits per heavy atom. The minimum atomic E-state index is -3.32. The monoisotopic (exact) mass is 547 g/mol. The highest BCUT2D eigenvalue weighted by Gasteiger charge is 2.21. The molecule has 1 heterocycles. The molecular weight excluding hydrogens is 521 g/mol. The van der Waals surface area contributed by atoms with Gasteiger partial charge in [0.15, 0.2) is 5.75 Å². The van der Waals surface area contributed by atoms with Gasteiger partial charge in [0.1, 0.15) is 18.4 Å². The first kappa shape index (κ1) is 26.3. The first-order valence-corrected chi connectivity index (χ1v) is 14.5. The Labute approximate surface area is 221 Å². The van der Waals surface area contributed by atoms with Gasteiger partial charge in [0.2, 0.25) is 10.0 Å². The average Bonchev–Trinajstić information content (AvgIpc) is 3.28. The third-order valence-corrected chi connectivity index (χ3v) is 7.19. The molecule has 0 bridgehead atoms. The molecule has 0 atom stereocenters. The number of benzene rings is 2. The summed E-state index contributed by atoms with van der Waals surface area (Å²) in [5.74, 6) is 2.08. The number of fused-ring (bicyclic) bond motifs is 1. The van der Waals surface area contributed by atoms with Gasteiger partial charge in [-0.2, -0.15) is 9.66 Å². The van der Waals surface area contributed by atoms with Crippen LogP contribution in [0.25, 0.3) is 16.6 Å². The second-order valence-corrected chi connectivity index (χ2v) is 11.4. The van der Waals surface area contributed by atoms with E-state index in [0.717, 1.165) is 54.3 Å². The number of nitrogens with zero attached hydrogens (tertiary/aromatic N) is 3. The van der Waals surface area contributed by atoms with Gasteiger partial charge in [-0.05, 0) is 73.9 Å². The molecule has 0 saturated heterocycles. The molecule has 0 spiro atoms. The Balaban J connectivity index is 1.42. The van der Waals surface area contributed by atoms with Gasteiger partial charge in [0, 0.05) is 23.5 Å². The highest BCUT2D eigenvalue weighted by atomic mass is 35.5. The molecule has 0 amide bonds. The van der Waals surface area contributed by atoms with Crippen molar-refractivity contribution in [2.75, 3.05) is 25.3 Å². The molecule has 36 heavy (non-hydrogen) atoms. The lowest BCUT2D eigenvalue weighted by Gasteiger charge is -2.26. The molecule has 0 unspecified atom stereocenters. The van der Waals surface area contributed by atoms with E-state index in [-0.39, 0.29) is 12.5 Å². The molecule has 7 nitrogen and oxygen atoms in total. The van der Waals surface area contributed by atoms with Gasteiger partial charge in [-0.25, -0.2) is 8.42 Å². The van der Waals surface area contributed by atoms with Gasteiger partial charge in [-0.1, -0.05) is 11.6 Å². The third kappa shape index (κ3) is 6.52. The molecule has 0 N–H and O–H groups in total. The molecule has 1 aliphatic carbocycles. The van der Waals surface area contributed by atoms with Gasteiger partial charge in [0.25, 0.3) is 0 Å². The molecule has 1 aliphatic rings. The van der Waals surface area contributed by atoms with E-state index in [1.54, 1.807) is 18.3 Å². The van der Waals surface area contributed by atoms with Crippen LogP contribution in [0.3, 0.4) is 0 Å². The van der Waals surface area contributed by atoms with Gasteiger partial charge < -0.3 is 14.0 Å². The van der Waals surface area contributed by atoms with Crippen molar-refractivity contribution in [3.05, 3.63) is 53.2 Å². The quantitative estimate of drug-likeness (QED) is 0.242. The van der Waals surface area contributed by atoms with Crippen LogP contribution in [0.1, 0.15) is 31.2 Å². The van der Waals surface area contributed by atoms with Crippen LogP contribution >= 0.6 is 23.2 Å². The molecule has 10 heteroatoms. The second kappa shape index (κ2) is 11.5. The van der Waals surface area contributed by atoms with Crippen molar-refractivity contribution in [2.45, 2.75) is 25.7 Å². The smallest absolute Gasteiger partial charge is 0.249 e. The van der Waals surface area contributed by atoms with Crippen LogP contribution < -0.4 is 9.47 Å². The maximum absolute atomic E-state index is 11.2. The van der Waals surface area contributed by atoms with Crippen LogP contribution in [0.2, 0.25) is 5.02 Å². The summed E-state index contributed by atoms with van der Waals surface area (Å²) in [5.41, 5.74) is 2.07. The summed E-state index contributed by atoms with van der Waals surface area (Å²) in [6.45, 7) is 0.885. The maximum Gasteiger partial charge on any atom is 0.249 e. The minimum Gasteiger partial charge on any atom is -0.493 e. The first-order valence-electron chi connectivity index (χ1n) is 11.7. The molecule has 3 aromatic rings. The van der Waals surface area contributed by atoms with E-state index in [1.807, 2.05) is 35.0 Å². The van der Waals surface area contributed by atoms with Crippen LogP contribution in [-0.2, 0) is 10.0 Å². The van der Waals surface area contributed by atoms with Crippen LogP contribution in [0.4, 0.5) is 0 Å². The number of alkyl halides is 1. The Morgan fingerprint density at radius 3 is 2.64 bits per heavy atom. The summed E-state index contributed by atoms with van der Waals surface area (Å²) < 4.78 is 39.7. The van der Waals surface area contributed by atoms with Crippen molar-refractivity contribution in [3.8, 4) is 23.3 Å². The Morgan fingerprint density at radius 2 is 1.94 bits per heavy atom. The predicted octanol–water partition coefficient (Wildman–Crippen LogP) is 5.99. The molecule has 1 aromatic heterocycles. The fourth-order valence-electron chi connectivity index (χ4n) is 4.44. The van der Waals surface area contributed by atoms with Crippen molar-refractivity contribution < 1.29 is 17.9 Å². The van der Waals surface area contributed by atoms with Crippen molar-refractivity contribution in [1.29, 1.82) is 5.26 Å². The lowest BCUT2D eigenvalue weighted by Crippen LogP contribution is -2.21. The van der Waals surface area contributed by atoms with Crippen molar-refractivity contribution in [3.63, 3.8) is 0 Å². The zero-order valence-corrected chi connectivity index (χ0v) is 22.2. The van der Waals surface area contributed by atoms with Crippen LogP contribution in [0, 0.1) is 23.2 Å². The van der Waals surface area contributed by atoms with Crippen molar-refractivity contribution in [2.24, 2.45) is 16.2 Å². The number of sulfonamides is 1. The normalized spacial score (nSPS) is 18.4. The molecule has 0 aliphatic heterocycles. The number of rotatable bonds is 9. The Bertz CT molecular complexity index is 1400. The van der Waals surface area contributed by atoms with Crippen molar-refractivity contribution in [1.82, 2.24) is 4.57 Å². The minimum absolute atomic E-state index is 0.211. The molecule has 1 fully saturated rings. The predicted molar refractivity (Wildman–Crippen MR) is 143 cm³/mol. The number of hydrogen-bond donors (Lipinski definition) is 0. The van der Waals surface area contributed by atoms with E-state index >= 15 is 0 Å². The second-order valence-electron chi connectivity index (χ2n) is 8.94. The molecular formula is C26H27Cl2N3O4S. The zero-order valence-electron chi connectivity index (χ0n) is 19.9. The summed E-state index contributed by atoms with van der Waals surface area (Å²) in [7, 11) is -3.32. The first-order chi connectivity index (χ1) is 17.3. The van der Waals surface area contributed by atoms with Crippen LogP contribution in [0.15, 0.2) is 47.0 Å². The lowest BCUT2D eigenvalue weighted by atomic mass is 9.83. The van der Waals surface area contributed by atoms with Gasteiger partial charge >= 0.3 is 0 Å². The Kier molecular flexibility index (Phi) is 8.45. The molecule has 190 valence electrons. The lowest BCUT2D eigenvalue weighted by molar-refractivity contribution is 0.199. The number of aromatic nitrogens is 1. The molecule has 2 aromatic carbocycles. The summed E-state index contributed by atoms with van der Waals surface area (Å²) in [4.78, 5) is 0. The highest BCUT2D eigenvalue weighted by Crippen LogP contribution is 2.34. The summed E-state index contributed by atoms with van der Waals surface area (Å²) in [6.07, 6.45) is 8.41. The van der Waals surface area contributed by atoms with Gasteiger partial charge in [0.05, 0.1) is 34.8 Å². The van der Waals surface area contributed by atoms with E-state index < -0.39 is 10.0 Å². The SMILES string of the molecule is CS(=O)(=O)/N=C/C1CCC(COc2ccc3c(ccn3-c3cc(Cl)c(OCCCl)c(C#N)c3)c2)CC1. The van der Waals surface area contributed by atoms with E-state index in [2.05, 4.69) is 10.5 Å². The van der Waals surface area contributed by atoms with Crippen LogP contribution in [0.5, 0.6) is 11.5 Å². The fraction of sp³-hybridized carbons (Fsp3) is 0.385. The number of hydrogen-bond acceptors (Lipinski definition) is 5. The largest absolute Gasteiger partial charge is 0.493 e. The number of nitriles is 1. The summed E-state index contributed by atoms with van der Waals surface area (Å²) in [5, 5.41) is 10.9. The van der Waals surface area contributed by atoms with Gasteiger partial charge in [-0.3, -0.25) is 0 Å². The number of halogens is 2. The summed E-state index contributed by atoms with van der Waals surface area (Å²) in [6, 6.07) is 13.6. The molecule has 4 rings (SSSR count). The van der Waals surface area contributed by atoms with E-state index in [9.17, 15) is 13.7 Å². The topological polar surface area (TPSA) is 93.7 Å². The van der Waals surface area contributed by atoms with E-state index in [4.69, 9.17) is 32.7 Å². The molecule has 1 saturated carbocycles. The van der Waals surface area contributed by atoms with E-state index in [0.29, 0.717) is 34.7 Å². The zero-order chi connectivity index (χ0) is 25.7. The molecule has 0 radical (unpaired) electrons. The fourth-order valence-corrected chi connectivity index (χ4v) is 5.18.